The van der Waals surface area contributed by atoms with Gasteiger partial charge < -0.3 is 20.1 Å². The largest absolute Gasteiger partial charge is 0.480 e. The molecule has 0 radical (unpaired) electrons. The quantitative estimate of drug-likeness (QED) is 0.441. The van der Waals surface area contributed by atoms with E-state index in [1.54, 1.807) is 0 Å². The summed E-state index contributed by atoms with van der Waals surface area (Å²) in [6.45, 7) is 6.68. The average Bonchev–Trinajstić information content (AvgIpc) is 3.14. The van der Waals surface area contributed by atoms with Crippen molar-refractivity contribution >= 4 is 34.7 Å². The molecular formula is C33H41N3O6S. The van der Waals surface area contributed by atoms with E-state index < -0.39 is 29.3 Å². The van der Waals surface area contributed by atoms with Gasteiger partial charge in [0, 0.05) is 19.5 Å². The number of ether oxygens (including phenoxy) is 1. The lowest BCUT2D eigenvalue weighted by Gasteiger charge is -2.41. The minimum atomic E-state index is -1.03. The fourth-order valence-corrected chi connectivity index (χ4v) is 7.51. The van der Waals surface area contributed by atoms with Crippen molar-refractivity contribution in [3.8, 4) is 11.1 Å². The van der Waals surface area contributed by atoms with E-state index >= 15 is 0 Å². The summed E-state index contributed by atoms with van der Waals surface area (Å²) in [6.07, 6.45) is 2.66. The number of carboxylic acid groups (broad SMARTS) is 1. The Kier molecular flexibility index (Phi) is 10.2. The van der Waals surface area contributed by atoms with Gasteiger partial charge in [-0.25, -0.2) is 4.79 Å². The monoisotopic (exact) mass is 607 g/mol. The van der Waals surface area contributed by atoms with Gasteiger partial charge in [0.05, 0.1) is 31.1 Å². The van der Waals surface area contributed by atoms with Gasteiger partial charge in [0.15, 0.2) is 0 Å². The van der Waals surface area contributed by atoms with Crippen LogP contribution in [0.25, 0.3) is 11.1 Å². The molecule has 0 saturated carbocycles. The Morgan fingerprint density at radius 1 is 1.07 bits per heavy atom. The van der Waals surface area contributed by atoms with Crippen LogP contribution < -0.4 is 5.32 Å². The molecular weight excluding hydrogens is 566 g/mol. The van der Waals surface area contributed by atoms with Gasteiger partial charge in [-0.2, -0.15) is 0 Å². The Labute approximate surface area is 257 Å². The molecule has 3 aliphatic rings. The minimum Gasteiger partial charge on any atom is -0.480 e. The van der Waals surface area contributed by atoms with Gasteiger partial charge in [-0.1, -0.05) is 74.5 Å². The second-order valence-corrected chi connectivity index (χ2v) is 13.0. The number of carbonyl (C=O) groups excluding carboxylic acids is 3. The van der Waals surface area contributed by atoms with E-state index in [0.717, 1.165) is 34.0 Å². The molecule has 2 amide bonds. The fourth-order valence-electron chi connectivity index (χ4n) is 6.37. The summed E-state index contributed by atoms with van der Waals surface area (Å²) in [5.74, 6) is -1.88. The van der Waals surface area contributed by atoms with Gasteiger partial charge in [0.25, 0.3) is 0 Å². The number of rotatable bonds is 9. The SMILES string of the molecule is CC[C@H](C)[C@H](SC(=O)CN1CCOCC1)C(=O)N[C@H]1Cc2ccc(-c3ccccc3)cc2[C@H]2CCC[C@@H](C(=O)O)N2C1=O. The van der Waals surface area contributed by atoms with Gasteiger partial charge in [-0.05, 0) is 53.5 Å². The van der Waals surface area contributed by atoms with E-state index in [2.05, 4.69) is 11.4 Å². The van der Waals surface area contributed by atoms with Crippen LogP contribution in [0.1, 0.15) is 56.7 Å². The molecule has 5 rings (SSSR count). The average molecular weight is 608 g/mol. The number of aliphatic carboxylic acids is 1. The second kappa shape index (κ2) is 14.1. The Balaban J connectivity index is 1.42. The third-order valence-electron chi connectivity index (χ3n) is 8.95. The van der Waals surface area contributed by atoms with E-state index in [4.69, 9.17) is 4.74 Å². The van der Waals surface area contributed by atoms with Crippen molar-refractivity contribution in [2.75, 3.05) is 32.8 Å². The number of hydrogen-bond acceptors (Lipinski definition) is 7. The van der Waals surface area contributed by atoms with Crippen molar-refractivity contribution in [2.24, 2.45) is 5.92 Å². The maximum Gasteiger partial charge on any atom is 0.326 e. The van der Waals surface area contributed by atoms with E-state index in [1.165, 1.54) is 4.90 Å². The number of carbonyl (C=O) groups is 4. The third kappa shape index (κ3) is 7.13. The molecule has 2 N–H and O–H groups in total. The summed E-state index contributed by atoms with van der Waals surface area (Å²) in [5, 5.41) is 12.4. The first kappa shape index (κ1) is 31.2. The lowest BCUT2D eigenvalue weighted by molar-refractivity contribution is -0.156. The molecule has 0 spiro atoms. The van der Waals surface area contributed by atoms with Crippen LogP contribution in [0.2, 0.25) is 0 Å². The van der Waals surface area contributed by atoms with Crippen molar-refractivity contribution in [3.05, 3.63) is 59.7 Å². The summed E-state index contributed by atoms with van der Waals surface area (Å²) in [5.41, 5.74) is 3.90. The Hall–Kier alpha value is -3.21. The van der Waals surface area contributed by atoms with Crippen LogP contribution in [0.4, 0.5) is 0 Å². The van der Waals surface area contributed by atoms with Crippen molar-refractivity contribution in [1.29, 1.82) is 0 Å². The van der Waals surface area contributed by atoms with Crippen molar-refractivity contribution in [1.82, 2.24) is 15.1 Å². The molecule has 2 aromatic carbocycles. The standard InChI is InChI=1S/C33H41N3O6S/c1-3-21(2)30(43-29(37)20-35-14-16-42-17-15-35)31(38)34-26-19-24-13-12-23(22-8-5-4-6-9-22)18-25(24)27-10-7-11-28(33(40)41)36(27)32(26)39/h4-6,8-9,12-13,18,21,26-28,30H,3,7,10-11,14-17,19-20H2,1-2H3,(H,34,38)(H,40,41)/t21-,26-,27+,28-,30-/m0/s1. The number of benzene rings is 2. The first-order chi connectivity index (χ1) is 20.8. The minimum absolute atomic E-state index is 0.0876. The van der Waals surface area contributed by atoms with Crippen LogP contribution in [-0.4, -0.2) is 88.0 Å². The van der Waals surface area contributed by atoms with Crippen molar-refractivity contribution in [3.63, 3.8) is 0 Å². The normalized spacial score (nSPS) is 23.8. The zero-order valence-corrected chi connectivity index (χ0v) is 25.7. The maximum atomic E-state index is 14.2. The molecule has 5 atom stereocenters. The first-order valence-electron chi connectivity index (χ1n) is 15.3. The Bertz CT molecular complexity index is 1330. The summed E-state index contributed by atoms with van der Waals surface area (Å²) < 4.78 is 5.38. The zero-order valence-electron chi connectivity index (χ0n) is 24.9. The lowest BCUT2D eigenvalue weighted by atomic mass is 9.87. The van der Waals surface area contributed by atoms with Gasteiger partial charge in [-0.3, -0.25) is 19.3 Å². The van der Waals surface area contributed by atoms with Gasteiger partial charge in [0.2, 0.25) is 16.9 Å². The number of amides is 2. The molecule has 2 saturated heterocycles. The van der Waals surface area contributed by atoms with E-state index in [9.17, 15) is 24.3 Å². The zero-order chi connectivity index (χ0) is 30.5. The fraction of sp³-hybridized carbons (Fsp3) is 0.515. The molecule has 230 valence electrons. The molecule has 0 bridgehead atoms. The van der Waals surface area contributed by atoms with E-state index in [1.807, 2.05) is 61.2 Å². The summed E-state index contributed by atoms with van der Waals surface area (Å²) in [4.78, 5) is 56.9. The number of nitrogens with one attached hydrogen (secondary N) is 1. The van der Waals surface area contributed by atoms with Crippen LogP contribution in [0.5, 0.6) is 0 Å². The molecule has 43 heavy (non-hydrogen) atoms. The number of nitrogens with zero attached hydrogens (tertiary/aromatic N) is 2. The Morgan fingerprint density at radius 3 is 2.51 bits per heavy atom. The highest BCUT2D eigenvalue weighted by molar-refractivity contribution is 8.14. The summed E-state index contributed by atoms with van der Waals surface area (Å²) >= 11 is 1.04. The molecule has 3 aliphatic heterocycles. The smallest absolute Gasteiger partial charge is 0.326 e. The molecule has 0 aromatic heterocycles. The second-order valence-electron chi connectivity index (χ2n) is 11.8. The number of thioether (sulfide) groups is 1. The molecule has 2 aromatic rings. The van der Waals surface area contributed by atoms with Crippen LogP contribution in [0.15, 0.2) is 48.5 Å². The number of fused-ring (bicyclic) bond motifs is 3. The highest BCUT2D eigenvalue weighted by atomic mass is 32.2. The van der Waals surface area contributed by atoms with Gasteiger partial charge in [0.1, 0.15) is 12.1 Å². The lowest BCUT2D eigenvalue weighted by Crippen LogP contribution is -2.56. The molecule has 9 nitrogen and oxygen atoms in total. The van der Waals surface area contributed by atoms with Crippen LogP contribution in [0.3, 0.4) is 0 Å². The van der Waals surface area contributed by atoms with Gasteiger partial charge in [-0.15, -0.1) is 0 Å². The van der Waals surface area contributed by atoms with Crippen LogP contribution in [-0.2, 0) is 30.3 Å². The maximum absolute atomic E-state index is 14.2. The Morgan fingerprint density at radius 2 is 1.81 bits per heavy atom. The van der Waals surface area contributed by atoms with Gasteiger partial charge >= 0.3 is 5.97 Å². The number of piperidine rings is 1. The highest BCUT2D eigenvalue weighted by Gasteiger charge is 2.45. The first-order valence-corrected chi connectivity index (χ1v) is 16.2. The molecule has 10 heteroatoms. The number of hydrogen-bond donors (Lipinski definition) is 2. The number of carboxylic acids is 1. The molecule has 0 unspecified atom stereocenters. The highest BCUT2D eigenvalue weighted by Crippen LogP contribution is 2.41. The summed E-state index contributed by atoms with van der Waals surface area (Å²) in [6, 6.07) is 13.8. The topological polar surface area (TPSA) is 116 Å². The van der Waals surface area contributed by atoms with E-state index in [0.29, 0.717) is 52.0 Å². The van der Waals surface area contributed by atoms with Crippen molar-refractivity contribution < 1.29 is 29.0 Å². The summed E-state index contributed by atoms with van der Waals surface area (Å²) in [7, 11) is 0. The molecule has 3 heterocycles. The molecule has 0 aliphatic carbocycles. The number of morpholine rings is 1. The van der Waals surface area contributed by atoms with Crippen LogP contribution >= 0.6 is 11.8 Å². The van der Waals surface area contributed by atoms with E-state index in [-0.39, 0.29) is 35.8 Å². The molecule has 2 fully saturated rings. The predicted molar refractivity (Wildman–Crippen MR) is 165 cm³/mol. The third-order valence-corrected chi connectivity index (χ3v) is 10.3. The van der Waals surface area contributed by atoms with Crippen molar-refractivity contribution in [2.45, 2.75) is 69.3 Å². The predicted octanol–water partition coefficient (Wildman–Crippen LogP) is 3.91. The van der Waals surface area contributed by atoms with Crippen LogP contribution in [0, 0.1) is 5.92 Å².